The van der Waals surface area contributed by atoms with Crippen molar-refractivity contribution in [2.75, 3.05) is 11.1 Å². The maximum Gasteiger partial charge on any atom is 0.179 e. The zero-order valence-electron chi connectivity index (χ0n) is 40.9. The lowest BCUT2D eigenvalue weighted by atomic mass is 9.70. The lowest BCUT2D eigenvalue weighted by Gasteiger charge is -2.33. The standard InChI is InChI=1S/C65H57N7/c1-3-5-37-52(38-18-7-11-26-47-27-19-20-28-47)67-63-60(68-54-40-23-39-53(54)64(42-24-43-64)50-33-16-10-17-34-50)58(56-46-55(48-29-12-8-13-30-48)69-61(70-56)49-31-14-9-15-32-49)59(66)62(72-63)71-57(41-6-4-2)65(44-25-45-65)51-35-21-22-36-51/h5-17,19,21-23,27-35,37,39,41-46,68H,3-4,18,20,26,38,40,66H2,1-2H3/b11-7-,37-5-,41-6-,67-52?,71-57?. The third kappa shape index (κ3) is 9.74. The molecule has 5 aliphatic rings. The van der Waals surface area contributed by atoms with Gasteiger partial charge in [0, 0.05) is 34.5 Å². The minimum absolute atomic E-state index is 0.326. The van der Waals surface area contributed by atoms with E-state index in [0.29, 0.717) is 52.9 Å². The van der Waals surface area contributed by atoms with Gasteiger partial charge in [0.15, 0.2) is 17.5 Å². The fourth-order valence-electron chi connectivity index (χ4n) is 9.46. The van der Waals surface area contributed by atoms with Gasteiger partial charge in [-0.1, -0.05) is 166 Å². The Kier molecular flexibility index (Phi) is 14.1. The van der Waals surface area contributed by atoms with Crippen LogP contribution < -0.4 is 11.1 Å². The molecule has 0 bridgehead atoms. The van der Waals surface area contributed by atoms with Gasteiger partial charge in [-0.3, -0.25) is 0 Å². The Morgan fingerprint density at radius 3 is 2.12 bits per heavy atom. The van der Waals surface area contributed by atoms with Gasteiger partial charge < -0.3 is 11.1 Å². The average molecular weight is 936 g/mol. The summed E-state index contributed by atoms with van der Waals surface area (Å²) in [7, 11) is 0. The molecule has 3 N–H and O–H groups in total. The quantitative estimate of drug-likeness (QED) is 0.0460. The summed E-state index contributed by atoms with van der Waals surface area (Å²) >= 11 is 0. The van der Waals surface area contributed by atoms with E-state index in [2.05, 4.69) is 164 Å². The summed E-state index contributed by atoms with van der Waals surface area (Å²) in [4.78, 5) is 27.1. The normalized spacial score (nSPS) is 17.0. The number of hydrogen-bond donors (Lipinski definition) is 2. The van der Waals surface area contributed by atoms with Crippen molar-refractivity contribution in [3.8, 4) is 33.9 Å². The second kappa shape index (κ2) is 21.5. The number of rotatable bonds is 20. The third-order valence-electron chi connectivity index (χ3n) is 13.4. The maximum atomic E-state index is 7.69. The SMILES string of the molecule is CC/C=C\C(CC/C=C\CC1=CCC=C1)=Nc1nc(N=C(/C=C\CC)C2(C3=C=CC=C3)C=C=C2)c(N)c(-c2cc(-c3ccccc3)nc(-c3ccccc3)n2)c1NC1=C(C2(c3ccccc3)C=C=C2)C=CC1. The van der Waals surface area contributed by atoms with Gasteiger partial charge in [-0.15, -0.1) is 17.2 Å². The first kappa shape index (κ1) is 47.0. The highest BCUT2D eigenvalue weighted by atomic mass is 15.1. The maximum absolute atomic E-state index is 7.69. The number of aromatic nitrogens is 3. The molecule has 72 heavy (non-hydrogen) atoms. The average Bonchev–Trinajstić information content (AvgIpc) is 4.22. The van der Waals surface area contributed by atoms with Crippen LogP contribution in [0.25, 0.3) is 33.9 Å². The van der Waals surface area contributed by atoms with Crippen LogP contribution >= 0.6 is 0 Å². The molecule has 0 amide bonds. The molecular formula is C65H57N7. The van der Waals surface area contributed by atoms with Gasteiger partial charge in [-0.2, -0.15) is 0 Å². The Morgan fingerprint density at radius 2 is 1.46 bits per heavy atom. The Bertz CT molecular complexity index is 3350. The number of pyridine rings is 1. The highest BCUT2D eigenvalue weighted by molar-refractivity contribution is 6.09. The van der Waals surface area contributed by atoms with Crippen molar-refractivity contribution in [1.29, 1.82) is 0 Å². The highest BCUT2D eigenvalue weighted by Crippen LogP contribution is 2.49. The van der Waals surface area contributed by atoms with Crippen molar-refractivity contribution in [3.63, 3.8) is 0 Å². The molecule has 0 saturated carbocycles. The Hall–Kier alpha value is -8.69. The van der Waals surface area contributed by atoms with Crippen molar-refractivity contribution in [2.45, 2.75) is 64.2 Å². The third-order valence-corrected chi connectivity index (χ3v) is 13.4. The molecule has 5 aromatic rings. The molecular weight excluding hydrogens is 879 g/mol. The summed E-state index contributed by atoms with van der Waals surface area (Å²) in [6.45, 7) is 4.26. The van der Waals surface area contributed by atoms with Gasteiger partial charge in [0.05, 0.1) is 44.9 Å². The molecule has 10 rings (SSSR count). The van der Waals surface area contributed by atoms with Gasteiger partial charge in [0.2, 0.25) is 0 Å². The van der Waals surface area contributed by atoms with Gasteiger partial charge in [0.25, 0.3) is 0 Å². The molecule has 2 heterocycles. The monoisotopic (exact) mass is 935 g/mol. The number of anilines is 2. The molecule has 0 spiro atoms. The molecule has 0 aliphatic heterocycles. The van der Waals surface area contributed by atoms with Crippen LogP contribution in [0.2, 0.25) is 0 Å². The van der Waals surface area contributed by atoms with Crippen LogP contribution in [0.3, 0.4) is 0 Å². The fourth-order valence-corrected chi connectivity index (χ4v) is 9.46. The Balaban J connectivity index is 1.24. The molecule has 7 heteroatoms. The van der Waals surface area contributed by atoms with Crippen molar-refractivity contribution in [2.24, 2.45) is 15.4 Å². The number of benzene rings is 3. The molecule has 0 saturated heterocycles. The van der Waals surface area contributed by atoms with Crippen LogP contribution in [-0.4, -0.2) is 26.4 Å². The van der Waals surface area contributed by atoms with E-state index in [-0.39, 0.29) is 0 Å². The first-order valence-electron chi connectivity index (χ1n) is 25.1. The minimum Gasteiger partial charge on any atom is -0.395 e. The topological polar surface area (TPSA) is 101 Å². The molecule has 0 unspecified atom stereocenters. The predicted octanol–water partition coefficient (Wildman–Crippen LogP) is 15.8. The molecule has 0 fully saturated rings. The van der Waals surface area contributed by atoms with Crippen LogP contribution in [-0.2, 0) is 5.41 Å². The van der Waals surface area contributed by atoms with Crippen molar-refractivity contribution in [3.05, 3.63) is 252 Å². The zero-order valence-corrected chi connectivity index (χ0v) is 40.9. The van der Waals surface area contributed by atoms with E-state index in [4.69, 9.17) is 30.7 Å². The predicted molar refractivity (Wildman–Crippen MR) is 299 cm³/mol. The van der Waals surface area contributed by atoms with Crippen molar-refractivity contribution >= 4 is 34.4 Å². The number of nitrogens with zero attached hydrogens (tertiary/aromatic N) is 5. The number of allylic oxidation sites excluding steroid dienone is 18. The number of nitrogen functional groups attached to an aromatic ring is 1. The summed E-state index contributed by atoms with van der Waals surface area (Å²) in [5.74, 6) is 1.33. The van der Waals surface area contributed by atoms with E-state index in [1.165, 1.54) is 5.57 Å². The second-order valence-corrected chi connectivity index (χ2v) is 18.2. The van der Waals surface area contributed by atoms with E-state index >= 15 is 0 Å². The molecule has 3 aromatic carbocycles. The number of aliphatic imine (C=N–C) groups is 2. The number of hydrogen-bond acceptors (Lipinski definition) is 7. The van der Waals surface area contributed by atoms with Crippen molar-refractivity contribution < 1.29 is 0 Å². The van der Waals surface area contributed by atoms with E-state index in [9.17, 15) is 0 Å². The van der Waals surface area contributed by atoms with Gasteiger partial charge in [0.1, 0.15) is 0 Å². The van der Waals surface area contributed by atoms with Crippen LogP contribution in [0.5, 0.6) is 0 Å². The smallest absolute Gasteiger partial charge is 0.179 e. The summed E-state index contributed by atoms with van der Waals surface area (Å²) in [5.41, 5.74) is 28.6. The van der Waals surface area contributed by atoms with E-state index in [0.717, 1.165) is 82.8 Å². The Labute approximate surface area is 423 Å². The minimum atomic E-state index is -0.684. The summed E-state index contributed by atoms with van der Waals surface area (Å²) in [6, 6.07) is 32.9. The van der Waals surface area contributed by atoms with Crippen LogP contribution in [0.15, 0.2) is 256 Å². The van der Waals surface area contributed by atoms with E-state index in [1.54, 1.807) is 0 Å². The van der Waals surface area contributed by atoms with E-state index in [1.807, 2.05) is 78.9 Å². The van der Waals surface area contributed by atoms with Crippen LogP contribution in [0, 0.1) is 5.41 Å². The van der Waals surface area contributed by atoms with Gasteiger partial charge in [-0.25, -0.2) is 24.9 Å². The Morgan fingerprint density at radius 1 is 0.736 bits per heavy atom. The molecule has 0 atom stereocenters. The van der Waals surface area contributed by atoms with Crippen LogP contribution in [0.1, 0.15) is 64.4 Å². The molecule has 7 nitrogen and oxygen atoms in total. The molecule has 2 aromatic heterocycles. The number of nitrogens with one attached hydrogen (secondary N) is 1. The molecule has 352 valence electrons. The van der Waals surface area contributed by atoms with Crippen molar-refractivity contribution in [1.82, 2.24) is 15.0 Å². The first-order chi connectivity index (χ1) is 35.5. The fraction of sp³-hybridized carbons (Fsp3) is 0.169. The van der Waals surface area contributed by atoms with E-state index < -0.39 is 10.8 Å². The summed E-state index contributed by atoms with van der Waals surface area (Å²) < 4.78 is 0. The lowest BCUT2D eigenvalue weighted by molar-refractivity contribution is 0.780. The highest BCUT2D eigenvalue weighted by Gasteiger charge is 2.39. The first-order valence-corrected chi connectivity index (χ1v) is 25.1. The lowest BCUT2D eigenvalue weighted by Crippen LogP contribution is -2.30. The zero-order chi connectivity index (χ0) is 49.2. The van der Waals surface area contributed by atoms with Gasteiger partial charge in [-0.05, 0) is 110 Å². The molecule has 0 radical (unpaired) electrons. The van der Waals surface area contributed by atoms with Gasteiger partial charge >= 0.3 is 0 Å². The summed E-state index contributed by atoms with van der Waals surface area (Å²) in [5, 5.41) is 3.99. The largest absolute Gasteiger partial charge is 0.395 e. The number of nitrogens with two attached hydrogens (primary N) is 1. The second-order valence-electron chi connectivity index (χ2n) is 18.2. The molecule has 5 aliphatic carbocycles. The van der Waals surface area contributed by atoms with Crippen LogP contribution in [0.4, 0.5) is 23.0 Å². The summed E-state index contributed by atoms with van der Waals surface area (Å²) in [6.07, 6.45) is 44.2.